The van der Waals surface area contributed by atoms with Crippen molar-refractivity contribution in [2.45, 2.75) is 45.6 Å². The molecule has 1 atom stereocenters. The zero-order valence-electron chi connectivity index (χ0n) is 10.8. The summed E-state index contributed by atoms with van der Waals surface area (Å²) in [6, 6.07) is 6.76. The molecule has 0 aliphatic carbocycles. The second-order valence-electron chi connectivity index (χ2n) is 4.59. The molecule has 96 valence electrons. The fourth-order valence-electron chi connectivity index (χ4n) is 1.95. The van der Waals surface area contributed by atoms with E-state index in [4.69, 9.17) is 5.73 Å². The van der Waals surface area contributed by atoms with Gasteiger partial charge in [0.2, 0.25) is 0 Å². The van der Waals surface area contributed by atoms with Crippen LogP contribution in [-0.4, -0.2) is 12.6 Å². The highest BCUT2D eigenvalue weighted by atomic mass is 79.9. The van der Waals surface area contributed by atoms with Gasteiger partial charge in [0.05, 0.1) is 0 Å². The molecule has 0 aliphatic heterocycles. The Hall–Kier alpha value is -0.540. The van der Waals surface area contributed by atoms with Crippen LogP contribution in [0, 0.1) is 6.92 Å². The highest BCUT2D eigenvalue weighted by Gasteiger charge is 2.06. The predicted molar refractivity (Wildman–Crippen MR) is 79.5 cm³/mol. The summed E-state index contributed by atoms with van der Waals surface area (Å²) in [5.74, 6) is 0. The Kier molecular flexibility index (Phi) is 6.60. The van der Waals surface area contributed by atoms with Gasteiger partial charge in [-0.3, -0.25) is 0 Å². The van der Waals surface area contributed by atoms with Crippen molar-refractivity contribution in [2.75, 3.05) is 11.9 Å². The van der Waals surface area contributed by atoms with Crippen molar-refractivity contribution in [2.24, 2.45) is 5.73 Å². The summed E-state index contributed by atoms with van der Waals surface area (Å²) < 4.78 is 1.12. The monoisotopic (exact) mass is 298 g/mol. The van der Waals surface area contributed by atoms with Crippen molar-refractivity contribution < 1.29 is 0 Å². The molecule has 1 aromatic rings. The summed E-state index contributed by atoms with van der Waals surface area (Å²) in [6.07, 6.45) is 4.94. The molecule has 0 saturated carbocycles. The highest BCUT2D eigenvalue weighted by Crippen LogP contribution is 2.20. The van der Waals surface area contributed by atoms with E-state index >= 15 is 0 Å². The Labute approximate surface area is 113 Å². The van der Waals surface area contributed by atoms with Gasteiger partial charge in [-0.15, -0.1) is 0 Å². The second kappa shape index (κ2) is 7.72. The van der Waals surface area contributed by atoms with Crippen LogP contribution in [-0.2, 0) is 0 Å². The van der Waals surface area contributed by atoms with Crippen LogP contribution in [0.1, 0.15) is 38.2 Å². The summed E-state index contributed by atoms with van der Waals surface area (Å²) in [5.41, 5.74) is 8.22. The molecule has 0 saturated heterocycles. The molecule has 17 heavy (non-hydrogen) atoms. The third-order valence-electron chi connectivity index (χ3n) is 2.85. The van der Waals surface area contributed by atoms with Crippen LogP contribution in [0.4, 0.5) is 5.69 Å². The SMILES string of the molecule is CCCCCC(CN)Nc1cc(C)cc(Br)c1. The Bertz CT molecular complexity index is 319. The van der Waals surface area contributed by atoms with Crippen LogP contribution < -0.4 is 11.1 Å². The van der Waals surface area contributed by atoms with Gasteiger partial charge in [-0.1, -0.05) is 42.1 Å². The fraction of sp³-hybridized carbons (Fsp3) is 0.571. The van der Waals surface area contributed by atoms with Gasteiger partial charge < -0.3 is 11.1 Å². The number of unbranched alkanes of at least 4 members (excludes halogenated alkanes) is 2. The number of anilines is 1. The molecular formula is C14H23BrN2. The first-order chi connectivity index (χ1) is 8.15. The van der Waals surface area contributed by atoms with E-state index in [-0.39, 0.29) is 0 Å². The molecule has 0 aromatic heterocycles. The minimum atomic E-state index is 0.384. The maximum absolute atomic E-state index is 5.80. The summed E-state index contributed by atoms with van der Waals surface area (Å²) in [5, 5.41) is 3.51. The lowest BCUT2D eigenvalue weighted by Gasteiger charge is -2.18. The van der Waals surface area contributed by atoms with Crippen molar-refractivity contribution in [3.05, 3.63) is 28.2 Å². The molecule has 1 rings (SSSR count). The van der Waals surface area contributed by atoms with Gasteiger partial charge in [-0.05, 0) is 37.1 Å². The number of rotatable bonds is 7. The molecular weight excluding hydrogens is 276 g/mol. The third-order valence-corrected chi connectivity index (χ3v) is 3.31. The lowest BCUT2D eigenvalue weighted by molar-refractivity contribution is 0.591. The summed E-state index contributed by atoms with van der Waals surface area (Å²) in [7, 11) is 0. The summed E-state index contributed by atoms with van der Waals surface area (Å²) >= 11 is 3.52. The number of nitrogens with one attached hydrogen (secondary N) is 1. The van der Waals surface area contributed by atoms with E-state index < -0.39 is 0 Å². The van der Waals surface area contributed by atoms with Crippen molar-refractivity contribution in [1.82, 2.24) is 0 Å². The molecule has 0 aliphatic rings. The molecule has 0 bridgehead atoms. The lowest BCUT2D eigenvalue weighted by atomic mass is 10.1. The van der Waals surface area contributed by atoms with E-state index in [0.717, 1.165) is 16.6 Å². The standard InChI is InChI=1S/C14H23BrN2/c1-3-4-5-6-13(10-16)17-14-8-11(2)7-12(15)9-14/h7-9,13,17H,3-6,10,16H2,1-2H3. The molecule has 1 unspecified atom stereocenters. The topological polar surface area (TPSA) is 38.0 Å². The molecule has 3 heteroatoms. The molecule has 0 heterocycles. The third kappa shape index (κ3) is 5.55. The quantitative estimate of drug-likeness (QED) is 0.745. The molecule has 1 aromatic carbocycles. The van der Waals surface area contributed by atoms with Crippen molar-refractivity contribution in [3.63, 3.8) is 0 Å². The number of nitrogens with two attached hydrogens (primary N) is 1. The fourth-order valence-corrected chi connectivity index (χ4v) is 2.55. The van der Waals surface area contributed by atoms with Crippen LogP contribution in [0.3, 0.4) is 0 Å². The number of benzene rings is 1. The van der Waals surface area contributed by atoms with E-state index in [1.165, 1.54) is 24.8 Å². The van der Waals surface area contributed by atoms with E-state index in [0.29, 0.717) is 12.6 Å². The van der Waals surface area contributed by atoms with Crippen LogP contribution in [0.2, 0.25) is 0 Å². The van der Waals surface area contributed by atoms with Crippen molar-refractivity contribution in [1.29, 1.82) is 0 Å². The molecule has 0 radical (unpaired) electrons. The summed E-state index contributed by atoms with van der Waals surface area (Å²) in [4.78, 5) is 0. The summed E-state index contributed by atoms with van der Waals surface area (Å²) in [6.45, 7) is 5.02. The molecule has 0 spiro atoms. The number of hydrogen-bond donors (Lipinski definition) is 2. The molecule has 2 nitrogen and oxygen atoms in total. The Balaban J connectivity index is 2.54. The van der Waals surface area contributed by atoms with Gasteiger partial charge in [-0.2, -0.15) is 0 Å². The zero-order valence-corrected chi connectivity index (χ0v) is 12.4. The van der Waals surface area contributed by atoms with Gasteiger partial charge in [0.25, 0.3) is 0 Å². The predicted octanol–water partition coefficient (Wildman–Crippen LogP) is 4.08. The minimum absolute atomic E-state index is 0.384. The number of hydrogen-bond acceptors (Lipinski definition) is 2. The first-order valence-electron chi connectivity index (χ1n) is 6.39. The Morgan fingerprint density at radius 1 is 1.29 bits per heavy atom. The maximum Gasteiger partial charge on any atom is 0.0383 e. The largest absolute Gasteiger partial charge is 0.381 e. The van der Waals surface area contributed by atoms with Crippen molar-refractivity contribution >= 4 is 21.6 Å². The maximum atomic E-state index is 5.80. The van der Waals surface area contributed by atoms with Gasteiger partial charge in [0.15, 0.2) is 0 Å². The van der Waals surface area contributed by atoms with Gasteiger partial charge >= 0.3 is 0 Å². The molecule has 0 amide bonds. The van der Waals surface area contributed by atoms with E-state index in [1.54, 1.807) is 0 Å². The van der Waals surface area contributed by atoms with E-state index in [2.05, 4.69) is 53.3 Å². The first kappa shape index (κ1) is 14.5. The van der Waals surface area contributed by atoms with Gasteiger partial charge in [-0.25, -0.2) is 0 Å². The van der Waals surface area contributed by atoms with Crippen LogP contribution >= 0.6 is 15.9 Å². The average Bonchev–Trinajstić information content (AvgIpc) is 2.26. The normalized spacial score (nSPS) is 12.5. The number of halogens is 1. The molecule has 3 N–H and O–H groups in total. The smallest absolute Gasteiger partial charge is 0.0383 e. The lowest BCUT2D eigenvalue weighted by Crippen LogP contribution is -2.28. The van der Waals surface area contributed by atoms with Gasteiger partial charge in [0, 0.05) is 22.7 Å². The minimum Gasteiger partial charge on any atom is -0.381 e. The second-order valence-corrected chi connectivity index (χ2v) is 5.51. The zero-order chi connectivity index (χ0) is 12.7. The Morgan fingerprint density at radius 2 is 2.06 bits per heavy atom. The first-order valence-corrected chi connectivity index (χ1v) is 7.18. The van der Waals surface area contributed by atoms with Gasteiger partial charge in [0.1, 0.15) is 0 Å². The Morgan fingerprint density at radius 3 is 2.65 bits per heavy atom. The van der Waals surface area contributed by atoms with Crippen LogP contribution in [0.15, 0.2) is 22.7 Å². The van der Waals surface area contributed by atoms with E-state index in [9.17, 15) is 0 Å². The van der Waals surface area contributed by atoms with E-state index in [1.807, 2.05) is 0 Å². The average molecular weight is 299 g/mol. The van der Waals surface area contributed by atoms with Crippen LogP contribution in [0.5, 0.6) is 0 Å². The van der Waals surface area contributed by atoms with Crippen molar-refractivity contribution in [3.8, 4) is 0 Å². The highest BCUT2D eigenvalue weighted by molar-refractivity contribution is 9.10. The van der Waals surface area contributed by atoms with Crippen LogP contribution in [0.25, 0.3) is 0 Å². The number of aryl methyl sites for hydroxylation is 1. The molecule has 0 fully saturated rings.